The molecule has 6 nitrogen and oxygen atoms in total. The van der Waals surface area contributed by atoms with Crippen LogP contribution in [-0.4, -0.2) is 51.1 Å². The molecular formula is C22H37NO5Si. The summed E-state index contributed by atoms with van der Waals surface area (Å²) in [7, 11) is 0.942. The van der Waals surface area contributed by atoms with Crippen LogP contribution >= 0.6 is 0 Å². The van der Waals surface area contributed by atoms with Crippen molar-refractivity contribution in [2.24, 2.45) is 0 Å². The van der Waals surface area contributed by atoms with E-state index >= 15 is 0 Å². The number of amides is 1. The third-order valence-electron chi connectivity index (χ3n) is 5.15. The van der Waals surface area contributed by atoms with Crippen molar-refractivity contribution in [1.82, 2.24) is 4.90 Å². The van der Waals surface area contributed by atoms with Crippen molar-refractivity contribution in [3.63, 3.8) is 0 Å². The van der Waals surface area contributed by atoms with Gasteiger partial charge in [0, 0.05) is 13.5 Å². The van der Waals surface area contributed by atoms with Crippen LogP contribution in [0.2, 0.25) is 18.1 Å². The van der Waals surface area contributed by atoms with Gasteiger partial charge < -0.3 is 13.9 Å². The highest BCUT2D eigenvalue weighted by molar-refractivity contribution is 6.74. The van der Waals surface area contributed by atoms with Crippen LogP contribution in [0.4, 0.5) is 4.79 Å². The van der Waals surface area contributed by atoms with Crippen molar-refractivity contribution in [2.45, 2.75) is 77.7 Å². The monoisotopic (exact) mass is 423 g/mol. The van der Waals surface area contributed by atoms with Gasteiger partial charge in [0.05, 0.1) is 7.11 Å². The molecule has 0 fully saturated rings. The van der Waals surface area contributed by atoms with Gasteiger partial charge in [-0.05, 0) is 56.6 Å². The zero-order valence-electron chi connectivity index (χ0n) is 19.6. The van der Waals surface area contributed by atoms with Crippen molar-refractivity contribution < 1.29 is 23.5 Å². The first-order chi connectivity index (χ1) is 13.1. The van der Waals surface area contributed by atoms with E-state index in [1.165, 1.54) is 12.0 Å². The Morgan fingerprint density at radius 2 is 1.55 bits per heavy atom. The summed E-state index contributed by atoms with van der Waals surface area (Å²) >= 11 is 0. The zero-order chi connectivity index (χ0) is 22.6. The molecule has 0 radical (unpaired) electrons. The molecule has 0 aliphatic rings. The van der Waals surface area contributed by atoms with Gasteiger partial charge in [-0.25, -0.2) is 9.59 Å². The Morgan fingerprint density at radius 3 is 1.97 bits per heavy atom. The number of esters is 1. The number of nitrogens with zero attached hydrogens (tertiary/aromatic N) is 1. The summed E-state index contributed by atoms with van der Waals surface area (Å²) in [6.07, 6.45) is -0.242. The van der Waals surface area contributed by atoms with Gasteiger partial charge in [0.1, 0.15) is 17.4 Å². The fourth-order valence-corrected chi connectivity index (χ4v) is 3.37. The predicted octanol–water partition coefficient (Wildman–Crippen LogP) is 5.02. The van der Waals surface area contributed by atoms with Crippen molar-refractivity contribution in [3.8, 4) is 5.75 Å². The number of carbonyl (C=O) groups excluding carboxylic acids is 2. The van der Waals surface area contributed by atoms with Crippen LogP contribution in [0.15, 0.2) is 24.3 Å². The standard InChI is InChI=1S/C22H37NO5Si/c1-21(2,3)27-20(25)23(7)18(19(24)26-8)15-16-11-13-17(14-12-16)28-29(9,10)22(4,5)6/h11-14,18H,15H2,1-10H3/t18-/m0/s1. The average Bonchev–Trinajstić information content (AvgIpc) is 2.57. The maximum Gasteiger partial charge on any atom is 0.410 e. The fraction of sp³-hybridized carbons (Fsp3) is 0.636. The van der Waals surface area contributed by atoms with Gasteiger partial charge in [0.25, 0.3) is 0 Å². The topological polar surface area (TPSA) is 65.1 Å². The van der Waals surface area contributed by atoms with E-state index in [1.807, 2.05) is 24.3 Å². The zero-order valence-corrected chi connectivity index (χ0v) is 20.6. The van der Waals surface area contributed by atoms with Crippen LogP contribution in [-0.2, 0) is 20.7 Å². The molecule has 1 rings (SSSR count). The van der Waals surface area contributed by atoms with Gasteiger partial charge in [0.2, 0.25) is 8.32 Å². The minimum Gasteiger partial charge on any atom is -0.544 e. The van der Waals surface area contributed by atoms with Crippen LogP contribution in [0, 0.1) is 0 Å². The Balaban J connectivity index is 2.96. The van der Waals surface area contributed by atoms with E-state index in [1.54, 1.807) is 27.8 Å². The number of hydrogen-bond donors (Lipinski definition) is 0. The van der Waals surface area contributed by atoms with E-state index < -0.39 is 32.0 Å². The second-order valence-electron chi connectivity index (χ2n) is 9.84. The number of ether oxygens (including phenoxy) is 2. The van der Waals surface area contributed by atoms with E-state index in [0.29, 0.717) is 6.42 Å². The van der Waals surface area contributed by atoms with Gasteiger partial charge in [0.15, 0.2) is 0 Å². The maximum absolute atomic E-state index is 12.4. The minimum atomic E-state index is -1.92. The molecule has 0 bridgehead atoms. The summed E-state index contributed by atoms with van der Waals surface area (Å²) < 4.78 is 16.6. The van der Waals surface area contributed by atoms with Crippen LogP contribution in [0.5, 0.6) is 5.75 Å². The fourth-order valence-electron chi connectivity index (χ4n) is 2.34. The molecule has 29 heavy (non-hydrogen) atoms. The molecule has 0 aromatic heterocycles. The molecule has 0 saturated heterocycles. The van der Waals surface area contributed by atoms with Crippen LogP contribution in [0.3, 0.4) is 0 Å². The summed E-state index contributed by atoms with van der Waals surface area (Å²) in [6.45, 7) is 16.3. The summed E-state index contributed by atoms with van der Waals surface area (Å²) in [4.78, 5) is 26.0. The first kappa shape index (κ1) is 25.0. The first-order valence-corrected chi connectivity index (χ1v) is 12.8. The predicted molar refractivity (Wildman–Crippen MR) is 118 cm³/mol. The van der Waals surface area contributed by atoms with Crippen molar-refractivity contribution in [3.05, 3.63) is 29.8 Å². The highest BCUT2D eigenvalue weighted by Crippen LogP contribution is 2.37. The van der Waals surface area contributed by atoms with Crippen LogP contribution in [0.1, 0.15) is 47.1 Å². The summed E-state index contributed by atoms with van der Waals surface area (Å²) in [6, 6.07) is 6.89. The molecule has 164 valence electrons. The minimum absolute atomic E-state index is 0.109. The maximum atomic E-state index is 12.4. The second kappa shape index (κ2) is 9.20. The molecule has 0 N–H and O–H groups in total. The van der Waals surface area contributed by atoms with E-state index in [-0.39, 0.29) is 5.04 Å². The number of methoxy groups -OCH3 is 1. The van der Waals surface area contributed by atoms with E-state index in [4.69, 9.17) is 13.9 Å². The normalized spacial score (nSPS) is 13.4. The summed E-state index contributed by atoms with van der Waals surface area (Å²) in [5, 5.41) is 0.109. The van der Waals surface area contributed by atoms with Gasteiger partial charge >= 0.3 is 12.1 Å². The lowest BCUT2D eigenvalue weighted by molar-refractivity contribution is -0.146. The lowest BCUT2D eigenvalue weighted by Gasteiger charge is -2.36. The molecule has 7 heteroatoms. The molecule has 1 atom stereocenters. The quantitative estimate of drug-likeness (QED) is 0.475. The lowest BCUT2D eigenvalue weighted by atomic mass is 10.0. The summed E-state index contributed by atoms with van der Waals surface area (Å²) in [5.41, 5.74) is 0.257. The van der Waals surface area contributed by atoms with Crippen molar-refractivity contribution >= 4 is 20.4 Å². The molecule has 1 aromatic rings. The Labute approximate surface area is 176 Å². The van der Waals surface area contributed by atoms with E-state index in [2.05, 4.69) is 33.9 Å². The SMILES string of the molecule is COC(=O)[C@H](Cc1ccc(O[Si](C)(C)C(C)(C)C)cc1)N(C)C(=O)OC(C)(C)C. The van der Waals surface area contributed by atoms with Crippen molar-refractivity contribution in [1.29, 1.82) is 0 Å². The Morgan fingerprint density at radius 1 is 1.03 bits per heavy atom. The Bertz CT molecular complexity index is 701. The molecule has 0 heterocycles. The highest BCUT2D eigenvalue weighted by Gasteiger charge is 2.39. The first-order valence-electron chi connectivity index (χ1n) is 9.89. The third-order valence-corrected chi connectivity index (χ3v) is 9.51. The Hall–Kier alpha value is -2.02. The molecule has 0 spiro atoms. The molecule has 0 unspecified atom stereocenters. The van der Waals surface area contributed by atoms with Gasteiger partial charge in [-0.1, -0.05) is 32.9 Å². The number of likely N-dealkylation sites (N-methyl/N-ethyl adjacent to an activating group) is 1. The molecule has 0 aliphatic heterocycles. The van der Waals surface area contributed by atoms with E-state index in [0.717, 1.165) is 11.3 Å². The van der Waals surface area contributed by atoms with E-state index in [9.17, 15) is 9.59 Å². The largest absolute Gasteiger partial charge is 0.544 e. The second-order valence-corrected chi connectivity index (χ2v) is 14.6. The Kier molecular flexibility index (Phi) is 7.93. The van der Waals surface area contributed by atoms with Gasteiger partial charge in [-0.15, -0.1) is 0 Å². The molecule has 0 saturated carbocycles. The molecule has 0 aliphatic carbocycles. The number of carbonyl (C=O) groups is 2. The smallest absolute Gasteiger partial charge is 0.410 e. The number of hydrogen-bond acceptors (Lipinski definition) is 5. The highest BCUT2D eigenvalue weighted by atomic mass is 28.4. The van der Waals surface area contributed by atoms with Crippen molar-refractivity contribution in [2.75, 3.05) is 14.2 Å². The number of rotatable bonds is 6. The van der Waals surface area contributed by atoms with Crippen LogP contribution in [0.25, 0.3) is 0 Å². The molecule has 1 amide bonds. The lowest BCUT2D eigenvalue weighted by Crippen LogP contribution is -2.46. The van der Waals surface area contributed by atoms with Gasteiger partial charge in [-0.2, -0.15) is 0 Å². The summed E-state index contributed by atoms with van der Waals surface area (Å²) in [5.74, 6) is 0.329. The molecule has 1 aromatic carbocycles. The third kappa shape index (κ3) is 7.38. The molecular weight excluding hydrogens is 386 g/mol. The number of benzene rings is 1. The average molecular weight is 424 g/mol. The van der Waals surface area contributed by atoms with Gasteiger partial charge in [-0.3, -0.25) is 4.90 Å². The van der Waals surface area contributed by atoms with Crippen LogP contribution < -0.4 is 4.43 Å².